The number of thiazole rings is 1. The van der Waals surface area contributed by atoms with Crippen molar-refractivity contribution < 1.29 is 22.8 Å². The van der Waals surface area contributed by atoms with E-state index < -0.39 is 18.1 Å². The molecule has 5 heterocycles. The maximum atomic E-state index is 13.3. The molecular formula is C21H22F3N7O2S. The van der Waals surface area contributed by atoms with Gasteiger partial charge in [0.2, 0.25) is 5.91 Å². The van der Waals surface area contributed by atoms with Gasteiger partial charge in [0.15, 0.2) is 5.13 Å². The first-order valence-electron chi connectivity index (χ1n) is 10.8. The number of nitrogen functional groups attached to an aromatic ring is 1. The minimum atomic E-state index is -4.45. The van der Waals surface area contributed by atoms with Gasteiger partial charge in [0, 0.05) is 31.7 Å². The Bertz CT molecular complexity index is 1270. The maximum absolute atomic E-state index is 13.3. The van der Waals surface area contributed by atoms with Crippen molar-refractivity contribution >= 4 is 39.3 Å². The van der Waals surface area contributed by atoms with Crippen LogP contribution in [0.2, 0.25) is 0 Å². The van der Waals surface area contributed by atoms with Crippen LogP contribution in [-0.2, 0) is 11.3 Å². The molecule has 2 aliphatic heterocycles. The second-order valence-corrected chi connectivity index (χ2v) is 9.61. The minimum absolute atomic E-state index is 0.0779. The van der Waals surface area contributed by atoms with Gasteiger partial charge in [-0.25, -0.2) is 4.98 Å². The quantitative estimate of drug-likeness (QED) is 0.598. The molecule has 3 aromatic heterocycles. The van der Waals surface area contributed by atoms with Crippen molar-refractivity contribution in [1.82, 2.24) is 29.5 Å². The van der Waals surface area contributed by atoms with E-state index in [1.165, 1.54) is 4.68 Å². The van der Waals surface area contributed by atoms with Gasteiger partial charge in [0.25, 0.3) is 5.91 Å². The summed E-state index contributed by atoms with van der Waals surface area (Å²) in [6, 6.07) is 1.67. The third-order valence-corrected chi connectivity index (χ3v) is 7.31. The average Bonchev–Trinajstić information content (AvgIpc) is 3.45. The molecular weight excluding hydrogens is 471 g/mol. The van der Waals surface area contributed by atoms with E-state index in [1.54, 1.807) is 30.2 Å². The molecule has 0 radical (unpaired) electrons. The van der Waals surface area contributed by atoms with E-state index in [0.29, 0.717) is 51.9 Å². The Morgan fingerprint density at radius 2 is 2.06 bits per heavy atom. The topological polar surface area (TPSA) is 110 Å². The SMILES string of the molecule is Cc1nc(N)sc1C(=O)N1CC(c2nn(CC(=O)N3CCC[C@H]3C(F)(F)F)c3cccnc23)C1. The third-order valence-electron chi connectivity index (χ3n) is 6.33. The summed E-state index contributed by atoms with van der Waals surface area (Å²) in [5.41, 5.74) is 8.07. The second-order valence-electron chi connectivity index (χ2n) is 8.57. The normalized spacial score (nSPS) is 19.1. The number of nitrogens with two attached hydrogens (primary N) is 1. The van der Waals surface area contributed by atoms with Crippen LogP contribution in [0.25, 0.3) is 11.0 Å². The first-order valence-corrected chi connectivity index (χ1v) is 11.6. The molecule has 2 aliphatic rings. The van der Waals surface area contributed by atoms with E-state index in [0.717, 1.165) is 16.2 Å². The number of aryl methyl sites for hydroxylation is 1. The molecule has 0 aromatic carbocycles. The minimum Gasteiger partial charge on any atom is -0.375 e. The van der Waals surface area contributed by atoms with Gasteiger partial charge in [-0.15, -0.1) is 0 Å². The van der Waals surface area contributed by atoms with Gasteiger partial charge in [-0.1, -0.05) is 11.3 Å². The number of carbonyl (C=O) groups is 2. The molecule has 0 saturated carbocycles. The number of anilines is 1. The fourth-order valence-corrected chi connectivity index (χ4v) is 5.43. The summed E-state index contributed by atoms with van der Waals surface area (Å²) >= 11 is 1.15. The van der Waals surface area contributed by atoms with Crippen LogP contribution < -0.4 is 5.73 Å². The van der Waals surface area contributed by atoms with Crippen molar-refractivity contribution in [1.29, 1.82) is 0 Å². The second kappa shape index (κ2) is 8.22. The zero-order valence-corrected chi connectivity index (χ0v) is 19.1. The van der Waals surface area contributed by atoms with Gasteiger partial charge >= 0.3 is 6.18 Å². The lowest BCUT2D eigenvalue weighted by Gasteiger charge is -2.38. The summed E-state index contributed by atoms with van der Waals surface area (Å²) in [6.07, 6.45) is -2.61. The number of alkyl halides is 3. The Morgan fingerprint density at radius 1 is 1.29 bits per heavy atom. The van der Waals surface area contributed by atoms with Crippen LogP contribution in [0.4, 0.5) is 18.3 Å². The summed E-state index contributed by atoms with van der Waals surface area (Å²) in [6.45, 7) is 2.33. The third kappa shape index (κ3) is 3.87. The molecule has 0 bridgehead atoms. The number of hydrogen-bond donors (Lipinski definition) is 1. The summed E-state index contributed by atoms with van der Waals surface area (Å²) in [4.78, 5) is 37.1. The number of aromatic nitrogens is 4. The monoisotopic (exact) mass is 493 g/mol. The molecule has 2 fully saturated rings. The Labute approximate surface area is 196 Å². The number of rotatable bonds is 4. The molecule has 2 amide bonds. The lowest BCUT2D eigenvalue weighted by molar-refractivity contribution is -0.183. The summed E-state index contributed by atoms with van der Waals surface area (Å²) < 4.78 is 41.3. The molecule has 2 saturated heterocycles. The highest BCUT2D eigenvalue weighted by Gasteiger charge is 2.47. The van der Waals surface area contributed by atoms with Crippen LogP contribution in [0, 0.1) is 6.92 Å². The van der Waals surface area contributed by atoms with Crippen molar-refractivity contribution in [3.8, 4) is 0 Å². The highest BCUT2D eigenvalue weighted by Crippen LogP contribution is 2.35. The highest BCUT2D eigenvalue weighted by atomic mass is 32.1. The van der Waals surface area contributed by atoms with Gasteiger partial charge in [0.1, 0.15) is 23.0 Å². The smallest absolute Gasteiger partial charge is 0.375 e. The van der Waals surface area contributed by atoms with Crippen molar-refractivity contribution in [2.45, 2.75) is 44.4 Å². The van der Waals surface area contributed by atoms with Crippen molar-refractivity contribution in [3.63, 3.8) is 0 Å². The molecule has 0 unspecified atom stereocenters. The van der Waals surface area contributed by atoms with Gasteiger partial charge in [-0.3, -0.25) is 19.3 Å². The van der Waals surface area contributed by atoms with E-state index in [9.17, 15) is 22.8 Å². The lowest BCUT2D eigenvalue weighted by atomic mass is 9.95. The number of fused-ring (bicyclic) bond motifs is 1. The lowest BCUT2D eigenvalue weighted by Crippen LogP contribution is -2.48. The molecule has 3 aromatic rings. The van der Waals surface area contributed by atoms with Gasteiger partial charge in [0.05, 0.1) is 16.9 Å². The Morgan fingerprint density at radius 3 is 2.74 bits per heavy atom. The standard InChI is InChI=1S/C21H22F3N7O2S/c1-11-18(34-20(25)27-11)19(33)29-8-12(9-29)16-17-13(4-2-6-26-17)31(28-16)10-15(32)30-7-3-5-14(30)21(22,23)24/h2,4,6,12,14H,3,5,7-10H2,1H3,(H2,25,27)/t14-/m0/s1. The Balaban J connectivity index is 1.34. The van der Waals surface area contributed by atoms with Crippen LogP contribution in [0.3, 0.4) is 0 Å². The average molecular weight is 494 g/mol. The van der Waals surface area contributed by atoms with Crippen molar-refractivity contribution in [2.75, 3.05) is 25.4 Å². The molecule has 0 aliphatic carbocycles. The van der Waals surface area contributed by atoms with Crippen LogP contribution in [0.1, 0.15) is 39.8 Å². The predicted molar refractivity (Wildman–Crippen MR) is 118 cm³/mol. The van der Waals surface area contributed by atoms with Crippen LogP contribution in [0.15, 0.2) is 18.3 Å². The summed E-state index contributed by atoms with van der Waals surface area (Å²) in [5.74, 6) is -0.872. The number of pyridine rings is 1. The van der Waals surface area contributed by atoms with Gasteiger partial charge in [-0.2, -0.15) is 18.3 Å². The number of halogens is 3. The maximum Gasteiger partial charge on any atom is 0.408 e. The van der Waals surface area contributed by atoms with Crippen molar-refractivity contribution in [2.24, 2.45) is 0 Å². The number of hydrogen-bond acceptors (Lipinski definition) is 7. The van der Waals surface area contributed by atoms with E-state index in [2.05, 4.69) is 15.1 Å². The van der Waals surface area contributed by atoms with Crippen molar-refractivity contribution in [3.05, 3.63) is 34.6 Å². The van der Waals surface area contributed by atoms with Crippen LogP contribution in [0.5, 0.6) is 0 Å². The number of amides is 2. The largest absolute Gasteiger partial charge is 0.408 e. The zero-order chi connectivity index (χ0) is 24.2. The molecule has 34 heavy (non-hydrogen) atoms. The van der Waals surface area contributed by atoms with Gasteiger partial charge < -0.3 is 15.5 Å². The molecule has 0 spiro atoms. The van der Waals surface area contributed by atoms with E-state index in [4.69, 9.17) is 5.73 Å². The van der Waals surface area contributed by atoms with E-state index in [1.807, 2.05) is 0 Å². The first kappa shape index (κ1) is 22.6. The highest BCUT2D eigenvalue weighted by molar-refractivity contribution is 7.17. The van der Waals surface area contributed by atoms with Crippen LogP contribution in [-0.4, -0.2) is 73.2 Å². The fourth-order valence-electron chi connectivity index (χ4n) is 4.63. The molecule has 9 nitrogen and oxygen atoms in total. The summed E-state index contributed by atoms with van der Waals surface area (Å²) in [5, 5.41) is 4.89. The molecule has 180 valence electrons. The summed E-state index contributed by atoms with van der Waals surface area (Å²) in [7, 11) is 0. The van der Waals surface area contributed by atoms with Gasteiger partial charge in [-0.05, 0) is 31.9 Å². The number of nitrogens with zero attached hydrogens (tertiary/aromatic N) is 6. The Hall–Kier alpha value is -3.22. The zero-order valence-electron chi connectivity index (χ0n) is 18.2. The predicted octanol–water partition coefficient (Wildman–Crippen LogP) is 2.57. The Kier molecular flexibility index (Phi) is 5.46. The van der Waals surface area contributed by atoms with Crippen LogP contribution >= 0.6 is 11.3 Å². The molecule has 13 heteroatoms. The molecule has 5 rings (SSSR count). The molecule has 1 atom stereocenters. The van der Waals surface area contributed by atoms with E-state index in [-0.39, 0.29) is 31.3 Å². The number of carbonyl (C=O) groups excluding carboxylic acids is 2. The first-order chi connectivity index (χ1) is 16.1. The number of likely N-dealkylation sites (tertiary alicyclic amines) is 2. The molecule has 2 N–H and O–H groups in total. The fraction of sp³-hybridized carbons (Fsp3) is 0.476. The van der Waals surface area contributed by atoms with E-state index >= 15 is 0 Å².